The standard InChI is InChI=1S/C16H28N2O/c1-11-4-3-5-15(17-2)16(19)18(11)10-14-9-12-6-7-13(14)8-12/h11-15,17H,3-10H2,1-2H3. The molecule has 3 heteroatoms. The molecular formula is C16H28N2O. The van der Waals surface area contributed by atoms with Gasteiger partial charge >= 0.3 is 0 Å². The van der Waals surface area contributed by atoms with Crippen LogP contribution in [0.25, 0.3) is 0 Å². The van der Waals surface area contributed by atoms with Gasteiger partial charge in [-0.25, -0.2) is 0 Å². The molecule has 1 amide bonds. The minimum atomic E-state index is 0.0588. The van der Waals surface area contributed by atoms with Crippen molar-refractivity contribution in [3.63, 3.8) is 0 Å². The number of nitrogens with zero attached hydrogens (tertiary/aromatic N) is 1. The molecule has 0 radical (unpaired) electrons. The lowest BCUT2D eigenvalue weighted by Gasteiger charge is -2.34. The fraction of sp³-hybridized carbons (Fsp3) is 0.938. The van der Waals surface area contributed by atoms with E-state index >= 15 is 0 Å². The van der Waals surface area contributed by atoms with Crippen LogP contribution in [0.1, 0.15) is 51.9 Å². The van der Waals surface area contributed by atoms with Gasteiger partial charge < -0.3 is 10.2 Å². The van der Waals surface area contributed by atoms with E-state index < -0.39 is 0 Å². The Labute approximate surface area is 117 Å². The highest BCUT2D eigenvalue weighted by molar-refractivity contribution is 5.82. The number of likely N-dealkylation sites (N-methyl/N-ethyl adjacent to an activating group) is 1. The van der Waals surface area contributed by atoms with Gasteiger partial charge in [-0.1, -0.05) is 6.42 Å². The molecule has 2 aliphatic carbocycles. The second kappa shape index (κ2) is 5.43. The van der Waals surface area contributed by atoms with Gasteiger partial charge in [0.2, 0.25) is 5.91 Å². The minimum Gasteiger partial charge on any atom is -0.338 e. The van der Waals surface area contributed by atoms with E-state index in [1.165, 1.54) is 38.5 Å². The number of nitrogens with one attached hydrogen (secondary N) is 1. The van der Waals surface area contributed by atoms with Crippen LogP contribution in [0, 0.1) is 17.8 Å². The van der Waals surface area contributed by atoms with E-state index in [0.717, 1.165) is 30.7 Å². The normalized spacial score (nSPS) is 42.7. The van der Waals surface area contributed by atoms with E-state index in [1.807, 2.05) is 7.05 Å². The van der Waals surface area contributed by atoms with Crippen molar-refractivity contribution < 1.29 is 4.79 Å². The topological polar surface area (TPSA) is 32.3 Å². The molecule has 3 aliphatic rings. The number of carbonyl (C=O) groups is 1. The van der Waals surface area contributed by atoms with E-state index in [0.29, 0.717) is 11.9 Å². The lowest BCUT2D eigenvalue weighted by atomic mass is 9.88. The van der Waals surface area contributed by atoms with Crippen LogP contribution in [0.15, 0.2) is 0 Å². The van der Waals surface area contributed by atoms with E-state index in [1.54, 1.807) is 0 Å². The van der Waals surface area contributed by atoms with Crippen LogP contribution in [0.2, 0.25) is 0 Å². The largest absolute Gasteiger partial charge is 0.338 e. The monoisotopic (exact) mass is 264 g/mol. The van der Waals surface area contributed by atoms with Crippen LogP contribution >= 0.6 is 0 Å². The van der Waals surface area contributed by atoms with Crippen molar-refractivity contribution in [2.75, 3.05) is 13.6 Å². The molecule has 108 valence electrons. The third-order valence-corrected chi connectivity index (χ3v) is 5.89. The van der Waals surface area contributed by atoms with Crippen molar-refractivity contribution >= 4 is 5.91 Å². The maximum absolute atomic E-state index is 12.6. The zero-order valence-electron chi connectivity index (χ0n) is 12.4. The number of carbonyl (C=O) groups excluding carboxylic acids is 1. The fourth-order valence-corrected chi connectivity index (χ4v) is 4.70. The molecule has 5 atom stereocenters. The van der Waals surface area contributed by atoms with Gasteiger partial charge in [-0.05, 0) is 70.3 Å². The van der Waals surface area contributed by atoms with Crippen LogP contribution in [0.4, 0.5) is 0 Å². The third kappa shape index (κ3) is 2.54. The quantitative estimate of drug-likeness (QED) is 0.849. The molecule has 1 heterocycles. The van der Waals surface area contributed by atoms with Crippen LogP contribution in [-0.2, 0) is 4.79 Å². The Morgan fingerprint density at radius 2 is 2.05 bits per heavy atom. The summed E-state index contributed by atoms with van der Waals surface area (Å²) in [6, 6.07) is 0.494. The summed E-state index contributed by atoms with van der Waals surface area (Å²) >= 11 is 0. The Morgan fingerprint density at radius 1 is 1.21 bits per heavy atom. The summed E-state index contributed by atoms with van der Waals surface area (Å²) in [5.41, 5.74) is 0. The molecule has 0 spiro atoms. The molecular weight excluding hydrogens is 236 g/mol. The van der Waals surface area contributed by atoms with Crippen molar-refractivity contribution in [2.45, 2.75) is 64.0 Å². The van der Waals surface area contributed by atoms with E-state index in [4.69, 9.17) is 0 Å². The first-order chi connectivity index (χ1) is 9.19. The SMILES string of the molecule is CNC1CCCC(C)N(CC2CC3CCC2C3)C1=O. The third-order valence-electron chi connectivity index (χ3n) is 5.89. The second-order valence-corrected chi connectivity index (χ2v) is 7.05. The van der Waals surface area contributed by atoms with Crippen molar-refractivity contribution in [2.24, 2.45) is 17.8 Å². The average molecular weight is 264 g/mol. The molecule has 3 fully saturated rings. The van der Waals surface area contributed by atoms with Gasteiger partial charge in [0.25, 0.3) is 0 Å². The van der Waals surface area contributed by atoms with Gasteiger partial charge in [0.1, 0.15) is 0 Å². The molecule has 3 rings (SSSR count). The first-order valence-corrected chi connectivity index (χ1v) is 8.16. The van der Waals surface area contributed by atoms with E-state index in [9.17, 15) is 4.79 Å². The molecule has 0 aromatic rings. The van der Waals surface area contributed by atoms with Crippen LogP contribution in [-0.4, -0.2) is 36.5 Å². The van der Waals surface area contributed by atoms with Crippen LogP contribution in [0.5, 0.6) is 0 Å². The molecule has 2 saturated carbocycles. The Hall–Kier alpha value is -0.570. The van der Waals surface area contributed by atoms with Gasteiger partial charge in [-0.15, -0.1) is 0 Å². The van der Waals surface area contributed by atoms with Crippen LogP contribution < -0.4 is 5.32 Å². The van der Waals surface area contributed by atoms with Crippen molar-refractivity contribution in [1.82, 2.24) is 10.2 Å². The van der Waals surface area contributed by atoms with Gasteiger partial charge in [0.05, 0.1) is 6.04 Å². The Bertz CT molecular complexity index is 344. The zero-order chi connectivity index (χ0) is 13.4. The van der Waals surface area contributed by atoms with Crippen molar-refractivity contribution in [3.8, 4) is 0 Å². The summed E-state index contributed by atoms with van der Waals surface area (Å²) < 4.78 is 0. The van der Waals surface area contributed by atoms with Gasteiger partial charge in [0.15, 0.2) is 0 Å². The van der Waals surface area contributed by atoms with Gasteiger partial charge in [0, 0.05) is 12.6 Å². The van der Waals surface area contributed by atoms with Gasteiger partial charge in [-0.2, -0.15) is 0 Å². The van der Waals surface area contributed by atoms with E-state index in [2.05, 4.69) is 17.1 Å². The maximum Gasteiger partial charge on any atom is 0.239 e. The lowest BCUT2D eigenvalue weighted by molar-refractivity contribution is -0.135. The number of fused-ring (bicyclic) bond motifs is 2. The molecule has 2 bridgehead atoms. The minimum absolute atomic E-state index is 0.0588. The number of hydrogen-bond donors (Lipinski definition) is 1. The molecule has 0 aromatic carbocycles. The first-order valence-electron chi connectivity index (χ1n) is 8.16. The molecule has 3 nitrogen and oxygen atoms in total. The average Bonchev–Trinajstić information content (AvgIpc) is 2.99. The number of likely N-dealkylation sites (tertiary alicyclic amines) is 1. The summed E-state index contributed by atoms with van der Waals surface area (Å²) in [6.45, 7) is 3.27. The van der Waals surface area contributed by atoms with E-state index in [-0.39, 0.29) is 6.04 Å². The number of rotatable bonds is 3. The first kappa shape index (κ1) is 13.4. The van der Waals surface area contributed by atoms with Crippen LogP contribution in [0.3, 0.4) is 0 Å². The number of hydrogen-bond acceptors (Lipinski definition) is 2. The smallest absolute Gasteiger partial charge is 0.239 e. The molecule has 1 aliphatic heterocycles. The predicted molar refractivity (Wildman–Crippen MR) is 76.8 cm³/mol. The highest BCUT2D eigenvalue weighted by Crippen LogP contribution is 2.48. The fourth-order valence-electron chi connectivity index (χ4n) is 4.70. The van der Waals surface area contributed by atoms with Gasteiger partial charge in [-0.3, -0.25) is 4.79 Å². The molecule has 1 saturated heterocycles. The molecule has 5 unspecified atom stereocenters. The summed E-state index contributed by atoms with van der Waals surface area (Å²) in [5, 5.41) is 3.21. The zero-order valence-corrected chi connectivity index (χ0v) is 12.4. The summed E-state index contributed by atoms with van der Waals surface area (Å²) in [7, 11) is 1.92. The van der Waals surface area contributed by atoms with Crippen molar-refractivity contribution in [1.29, 1.82) is 0 Å². The Balaban J connectivity index is 1.68. The molecule has 19 heavy (non-hydrogen) atoms. The van der Waals surface area contributed by atoms with Crippen molar-refractivity contribution in [3.05, 3.63) is 0 Å². The number of amides is 1. The summed E-state index contributed by atoms with van der Waals surface area (Å²) in [6.07, 6.45) is 9.04. The Morgan fingerprint density at radius 3 is 2.68 bits per heavy atom. The maximum atomic E-state index is 12.6. The predicted octanol–water partition coefficient (Wildman–Crippen LogP) is 2.41. The lowest BCUT2D eigenvalue weighted by Crippen LogP contribution is -2.49. The Kier molecular flexibility index (Phi) is 3.84. The summed E-state index contributed by atoms with van der Waals surface area (Å²) in [5.74, 6) is 3.05. The molecule has 1 N–H and O–H groups in total. The highest BCUT2D eigenvalue weighted by atomic mass is 16.2. The molecule has 0 aromatic heterocycles. The highest BCUT2D eigenvalue weighted by Gasteiger charge is 2.42. The second-order valence-electron chi connectivity index (χ2n) is 7.05. The summed E-state index contributed by atoms with van der Waals surface area (Å²) in [4.78, 5) is 14.9.